The first-order valence-electron chi connectivity index (χ1n) is 7.03. The number of hydrogen-bond donors (Lipinski definition) is 0. The highest BCUT2D eigenvalue weighted by Gasteiger charge is 2.08. The smallest absolute Gasteiger partial charge is 0.228 e. The van der Waals surface area contributed by atoms with E-state index in [4.69, 9.17) is 4.74 Å². The Bertz CT molecular complexity index is 646. The Morgan fingerprint density at radius 2 is 2.27 bits per heavy atom. The maximum absolute atomic E-state index is 5.75. The molecule has 2 heterocycles. The van der Waals surface area contributed by atoms with Crippen molar-refractivity contribution in [3.05, 3.63) is 46.3 Å². The number of aliphatic imine (C=N–C) groups is 1. The first kappa shape index (κ1) is 16.4. The first-order chi connectivity index (χ1) is 10.6. The molecule has 0 aliphatic carbocycles. The Hall–Kier alpha value is -1.95. The fraction of sp³-hybridized carbons (Fsp3) is 0.312. The van der Waals surface area contributed by atoms with E-state index < -0.39 is 0 Å². The Labute approximate surface area is 139 Å². The van der Waals surface area contributed by atoms with E-state index in [1.165, 1.54) is 0 Å². The molecule has 0 spiro atoms. The van der Waals surface area contributed by atoms with Gasteiger partial charge < -0.3 is 9.64 Å². The van der Waals surface area contributed by atoms with Crippen molar-refractivity contribution in [1.82, 2.24) is 14.9 Å². The van der Waals surface area contributed by atoms with Crippen LogP contribution < -0.4 is 4.74 Å². The van der Waals surface area contributed by atoms with Crippen LogP contribution in [0.25, 0.3) is 0 Å². The van der Waals surface area contributed by atoms with Gasteiger partial charge in [0.1, 0.15) is 6.61 Å². The second-order valence-electron chi connectivity index (χ2n) is 4.85. The summed E-state index contributed by atoms with van der Waals surface area (Å²) in [5.41, 5.74) is 2.64. The number of pyridine rings is 2. The van der Waals surface area contributed by atoms with Gasteiger partial charge in [-0.15, -0.1) is 0 Å². The van der Waals surface area contributed by atoms with Gasteiger partial charge in [0.2, 0.25) is 5.88 Å². The highest BCUT2D eigenvalue weighted by Crippen LogP contribution is 2.30. The summed E-state index contributed by atoms with van der Waals surface area (Å²) < 4.78 is 6.53. The lowest BCUT2D eigenvalue weighted by Crippen LogP contribution is -2.14. The zero-order valence-corrected chi connectivity index (χ0v) is 14.5. The van der Waals surface area contributed by atoms with Crippen LogP contribution in [0.3, 0.4) is 0 Å². The Morgan fingerprint density at radius 1 is 1.45 bits per heavy atom. The highest BCUT2D eigenvalue weighted by atomic mass is 79.9. The highest BCUT2D eigenvalue weighted by molar-refractivity contribution is 9.10. The normalized spacial score (nSPS) is 10.9. The molecular weight excluding hydrogens is 344 g/mol. The molecule has 0 amide bonds. The minimum Gasteiger partial charge on any atom is -0.472 e. The minimum atomic E-state index is 0.431. The molecule has 2 aromatic heterocycles. The number of aromatic nitrogens is 2. The molecule has 0 aliphatic rings. The Kier molecular flexibility index (Phi) is 5.89. The van der Waals surface area contributed by atoms with Gasteiger partial charge in [0.15, 0.2) is 0 Å². The lowest BCUT2D eigenvalue weighted by molar-refractivity contribution is 0.291. The van der Waals surface area contributed by atoms with E-state index in [2.05, 4.69) is 37.8 Å². The lowest BCUT2D eigenvalue weighted by Gasteiger charge is -2.11. The molecule has 0 fully saturated rings. The number of aryl methyl sites for hydroxylation is 1. The third-order valence-corrected chi connectivity index (χ3v) is 3.67. The largest absolute Gasteiger partial charge is 0.472 e. The molecular formula is C16H19BrN4O. The molecule has 0 saturated heterocycles. The summed E-state index contributed by atoms with van der Waals surface area (Å²) >= 11 is 3.49. The molecule has 5 nitrogen and oxygen atoms in total. The van der Waals surface area contributed by atoms with Gasteiger partial charge in [-0.25, -0.2) is 9.98 Å². The molecule has 0 bridgehead atoms. The van der Waals surface area contributed by atoms with Crippen LogP contribution in [0.2, 0.25) is 0 Å². The molecule has 0 N–H and O–H groups in total. The van der Waals surface area contributed by atoms with Crippen LogP contribution in [0.15, 0.2) is 40.1 Å². The number of nitrogens with zero attached hydrogens (tertiary/aromatic N) is 4. The Morgan fingerprint density at radius 3 is 2.95 bits per heavy atom. The van der Waals surface area contributed by atoms with Crippen LogP contribution in [0.4, 0.5) is 5.69 Å². The summed E-state index contributed by atoms with van der Waals surface area (Å²) in [5.74, 6) is 0.559. The van der Waals surface area contributed by atoms with Crippen molar-refractivity contribution in [3.8, 4) is 5.88 Å². The zero-order valence-electron chi connectivity index (χ0n) is 13.0. The summed E-state index contributed by atoms with van der Waals surface area (Å²) in [7, 11) is 1.98. The lowest BCUT2D eigenvalue weighted by atomic mass is 10.3. The SMILES string of the molecule is CCN(C)/C=N/c1cc(Br)c(OCc2cccnc2)nc1C. The average Bonchev–Trinajstić information content (AvgIpc) is 2.54. The van der Waals surface area contributed by atoms with Gasteiger partial charge in [-0.2, -0.15) is 0 Å². The quantitative estimate of drug-likeness (QED) is 0.580. The molecule has 2 rings (SSSR count). The zero-order chi connectivity index (χ0) is 15.9. The van der Waals surface area contributed by atoms with E-state index in [0.717, 1.165) is 28.0 Å². The van der Waals surface area contributed by atoms with E-state index in [-0.39, 0.29) is 0 Å². The predicted octanol–water partition coefficient (Wildman–Crippen LogP) is 3.74. The third kappa shape index (κ3) is 4.53. The van der Waals surface area contributed by atoms with Gasteiger partial charge in [-0.3, -0.25) is 4.98 Å². The number of hydrogen-bond acceptors (Lipinski definition) is 4. The molecule has 116 valence electrons. The van der Waals surface area contributed by atoms with E-state index in [0.29, 0.717) is 12.5 Å². The number of halogens is 1. The van der Waals surface area contributed by atoms with Gasteiger partial charge in [-0.1, -0.05) is 6.07 Å². The second-order valence-corrected chi connectivity index (χ2v) is 5.70. The van der Waals surface area contributed by atoms with Crippen molar-refractivity contribution in [3.63, 3.8) is 0 Å². The van der Waals surface area contributed by atoms with Crippen molar-refractivity contribution in [2.75, 3.05) is 13.6 Å². The van der Waals surface area contributed by atoms with Crippen LogP contribution in [0.1, 0.15) is 18.2 Å². The van der Waals surface area contributed by atoms with Gasteiger partial charge in [0, 0.05) is 31.5 Å². The molecule has 6 heteroatoms. The first-order valence-corrected chi connectivity index (χ1v) is 7.82. The predicted molar refractivity (Wildman–Crippen MR) is 91.7 cm³/mol. The fourth-order valence-corrected chi connectivity index (χ4v) is 2.08. The van der Waals surface area contributed by atoms with Crippen molar-refractivity contribution in [1.29, 1.82) is 0 Å². The van der Waals surface area contributed by atoms with Crippen molar-refractivity contribution < 1.29 is 4.74 Å². The molecule has 22 heavy (non-hydrogen) atoms. The number of ether oxygens (including phenoxy) is 1. The van der Waals surface area contributed by atoms with Crippen LogP contribution in [0.5, 0.6) is 5.88 Å². The molecule has 0 saturated carbocycles. The average molecular weight is 363 g/mol. The maximum atomic E-state index is 5.75. The summed E-state index contributed by atoms with van der Waals surface area (Å²) in [6, 6.07) is 5.77. The van der Waals surface area contributed by atoms with Gasteiger partial charge >= 0.3 is 0 Å². The van der Waals surface area contributed by atoms with Gasteiger partial charge in [-0.05, 0) is 41.9 Å². The van der Waals surface area contributed by atoms with Crippen molar-refractivity contribution in [2.24, 2.45) is 4.99 Å². The summed E-state index contributed by atoms with van der Waals surface area (Å²) in [6.45, 7) is 5.33. The van der Waals surface area contributed by atoms with Crippen LogP contribution in [-0.2, 0) is 6.61 Å². The standard InChI is InChI=1S/C16H19BrN4O/c1-4-21(3)11-19-15-8-14(17)16(20-12(15)2)22-10-13-6-5-7-18-9-13/h5-9,11H,4,10H2,1-3H3/b19-11+. The molecule has 0 aromatic carbocycles. The van der Waals surface area contributed by atoms with Crippen LogP contribution >= 0.6 is 15.9 Å². The topological polar surface area (TPSA) is 50.6 Å². The van der Waals surface area contributed by atoms with Crippen molar-refractivity contribution >= 4 is 28.0 Å². The second kappa shape index (κ2) is 7.89. The monoisotopic (exact) mass is 362 g/mol. The Balaban J connectivity index is 2.11. The summed E-state index contributed by atoms with van der Waals surface area (Å²) in [6.07, 6.45) is 5.31. The molecule has 0 atom stereocenters. The van der Waals surface area contributed by atoms with Crippen LogP contribution in [-0.4, -0.2) is 34.8 Å². The van der Waals surface area contributed by atoms with E-state index in [1.807, 2.05) is 37.1 Å². The fourth-order valence-electron chi connectivity index (χ4n) is 1.66. The number of rotatable bonds is 6. The third-order valence-electron chi connectivity index (χ3n) is 3.10. The van der Waals surface area contributed by atoms with Crippen molar-refractivity contribution in [2.45, 2.75) is 20.5 Å². The minimum absolute atomic E-state index is 0.431. The van der Waals surface area contributed by atoms with E-state index >= 15 is 0 Å². The van der Waals surface area contributed by atoms with Crippen LogP contribution in [0, 0.1) is 6.92 Å². The molecule has 0 radical (unpaired) electrons. The van der Waals surface area contributed by atoms with E-state index in [1.54, 1.807) is 18.7 Å². The molecule has 0 unspecified atom stereocenters. The van der Waals surface area contributed by atoms with Gasteiger partial charge in [0.05, 0.1) is 22.2 Å². The summed E-state index contributed by atoms with van der Waals surface area (Å²) in [4.78, 5) is 15.0. The molecule has 2 aromatic rings. The van der Waals surface area contributed by atoms with E-state index in [9.17, 15) is 0 Å². The maximum Gasteiger partial charge on any atom is 0.228 e. The summed E-state index contributed by atoms with van der Waals surface area (Å²) in [5, 5.41) is 0. The molecule has 0 aliphatic heterocycles. The van der Waals surface area contributed by atoms with Gasteiger partial charge in [0.25, 0.3) is 0 Å².